The molecule has 2 rings (SSSR count). The van der Waals surface area contributed by atoms with E-state index in [4.69, 9.17) is 4.74 Å². The summed E-state index contributed by atoms with van der Waals surface area (Å²) >= 11 is 0. The van der Waals surface area contributed by atoms with Crippen LogP contribution in [0.25, 0.3) is 0 Å². The van der Waals surface area contributed by atoms with Crippen LogP contribution in [0.15, 0.2) is 23.3 Å². The molecule has 86 valence electrons. The lowest BCUT2D eigenvalue weighted by atomic mass is 9.91. The molecule has 0 aromatic rings. The molecule has 2 aliphatic carbocycles. The molecular formula is C13H16O3. The predicted octanol–water partition coefficient (Wildman–Crippen LogP) is 2.18. The zero-order valence-corrected chi connectivity index (χ0v) is 9.49. The number of ether oxygens (including phenoxy) is 1. The van der Waals surface area contributed by atoms with Crippen LogP contribution in [0.1, 0.15) is 32.1 Å². The fraction of sp³-hybridized carbons (Fsp3) is 0.538. The molecule has 0 saturated heterocycles. The van der Waals surface area contributed by atoms with Crippen LogP contribution >= 0.6 is 0 Å². The molecule has 0 heterocycles. The van der Waals surface area contributed by atoms with Gasteiger partial charge < -0.3 is 4.74 Å². The average molecular weight is 220 g/mol. The topological polar surface area (TPSA) is 43.4 Å². The summed E-state index contributed by atoms with van der Waals surface area (Å²) in [6.07, 6.45) is 7.59. The Labute approximate surface area is 95.2 Å². The predicted molar refractivity (Wildman–Crippen MR) is 59.8 cm³/mol. The number of Topliss-reactive ketones (excluding diaryl/α,β-unsaturated/α-hetero) is 1. The zero-order chi connectivity index (χ0) is 11.5. The highest BCUT2D eigenvalue weighted by molar-refractivity contribution is 5.98. The number of hydrogen-bond acceptors (Lipinski definition) is 3. The fourth-order valence-corrected chi connectivity index (χ4v) is 2.46. The maximum absolute atomic E-state index is 11.7. The van der Waals surface area contributed by atoms with Gasteiger partial charge in [0.05, 0.1) is 13.0 Å². The highest BCUT2D eigenvalue weighted by Crippen LogP contribution is 2.32. The molecule has 3 nitrogen and oxygen atoms in total. The maximum Gasteiger partial charge on any atom is 0.308 e. The van der Waals surface area contributed by atoms with E-state index in [1.165, 1.54) is 7.11 Å². The summed E-state index contributed by atoms with van der Waals surface area (Å²) in [6, 6.07) is 0. The van der Waals surface area contributed by atoms with E-state index in [2.05, 4.69) is 0 Å². The Morgan fingerprint density at radius 1 is 1.50 bits per heavy atom. The average Bonchev–Trinajstić information content (AvgIpc) is 2.51. The van der Waals surface area contributed by atoms with Gasteiger partial charge in [-0.3, -0.25) is 9.59 Å². The first-order valence-electron chi connectivity index (χ1n) is 5.72. The standard InChI is InChI=1S/C13H16O3/c1-16-13(15)10-5-2-6-11-9(8-10)4-3-7-12(11)14/h3-4,10H,2,5-8H2,1H3. The van der Waals surface area contributed by atoms with E-state index in [1.807, 2.05) is 12.2 Å². The highest BCUT2D eigenvalue weighted by atomic mass is 16.5. The van der Waals surface area contributed by atoms with Gasteiger partial charge >= 0.3 is 5.97 Å². The molecule has 0 spiro atoms. The van der Waals surface area contributed by atoms with Gasteiger partial charge in [-0.05, 0) is 36.8 Å². The number of carbonyl (C=O) groups excluding carboxylic acids is 2. The Morgan fingerprint density at radius 3 is 3.06 bits per heavy atom. The van der Waals surface area contributed by atoms with Crippen molar-refractivity contribution in [2.45, 2.75) is 32.1 Å². The van der Waals surface area contributed by atoms with Crippen molar-refractivity contribution in [3.05, 3.63) is 23.3 Å². The van der Waals surface area contributed by atoms with E-state index in [-0.39, 0.29) is 17.7 Å². The molecule has 16 heavy (non-hydrogen) atoms. The molecule has 0 N–H and O–H groups in total. The highest BCUT2D eigenvalue weighted by Gasteiger charge is 2.27. The summed E-state index contributed by atoms with van der Waals surface area (Å²) in [5.74, 6) is -0.00348. The number of carbonyl (C=O) groups is 2. The summed E-state index contributed by atoms with van der Waals surface area (Å²) in [5.41, 5.74) is 1.98. The summed E-state index contributed by atoms with van der Waals surface area (Å²) in [6.45, 7) is 0. The third-order valence-corrected chi connectivity index (χ3v) is 3.33. The Hall–Kier alpha value is -1.38. The normalized spacial score (nSPS) is 25.1. The SMILES string of the molecule is COC(=O)C1CCCC2=C(C=CCC2=O)C1. The Kier molecular flexibility index (Phi) is 3.22. The van der Waals surface area contributed by atoms with Crippen molar-refractivity contribution < 1.29 is 14.3 Å². The first kappa shape index (κ1) is 11.1. The van der Waals surface area contributed by atoms with Gasteiger partial charge in [0.2, 0.25) is 0 Å². The number of esters is 1. The van der Waals surface area contributed by atoms with Crippen molar-refractivity contribution in [3.63, 3.8) is 0 Å². The second-order valence-electron chi connectivity index (χ2n) is 4.35. The van der Waals surface area contributed by atoms with Gasteiger partial charge in [0, 0.05) is 6.42 Å². The van der Waals surface area contributed by atoms with E-state index in [1.54, 1.807) is 0 Å². The zero-order valence-electron chi connectivity index (χ0n) is 9.49. The monoisotopic (exact) mass is 220 g/mol. The van der Waals surface area contributed by atoms with Gasteiger partial charge in [-0.15, -0.1) is 0 Å². The van der Waals surface area contributed by atoms with Crippen LogP contribution in [0.4, 0.5) is 0 Å². The smallest absolute Gasteiger partial charge is 0.308 e. The second kappa shape index (κ2) is 4.64. The minimum atomic E-state index is -0.153. The molecule has 1 atom stereocenters. The van der Waals surface area contributed by atoms with E-state index >= 15 is 0 Å². The lowest BCUT2D eigenvalue weighted by molar-refractivity contribution is -0.145. The molecule has 3 heteroatoms. The van der Waals surface area contributed by atoms with Gasteiger partial charge in [0.15, 0.2) is 5.78 Å². The van der Waals surface area contributed by atoms with E-state index in [0.717, 1.165) is 30.4 Å². The third kappa shape index (κ3) is 2.08. The molecule has 0 aromatic carbocycles. The summed E-state index contributed by atoms with van der Waals surface area (Å²) in [4.78, 5) is 23.2. The van der Waals surface area contributed by atoms with Crippen LogP contribution in [0.2, 0.25) is 0 Å². The molecule has 1 unspecified atom stereocenters. The van der Waals surface area contributed by atoms with E-state index in [0.29, 0.717) is 12.8 Å². The first-order chi connectivity index (χ1) is 7.72. The van der Waals surface area contributed by atoms with Crippen LogP contribution in [0.3, 0.4) is 0 Å². The second-order valence-corrected chi connectivity index (χ2v) is 4.35. The molecular weight excluding hydrogens is 204 g/mol. The molecule has 0 amide bonds. The largest absolute Gasteiger partial charge is 0.469 e. The number of methoxy groups -OCH3 is 1. The molecule has 0 aromatic heterocycles. The van der Waals surface area contributed by atoms with Gasteiger partial charge in [-0.25, -0.2) is 0 Å². The van der Waals surface area contributed by atoms with Crippen molar-refractivity contribution in [2.24, 2.45) is 5.92 Å². The van der Waals surface area contributed by atoms with Crippen LogP contribution in [0, 0.1) is 5.92 Å². The summed E-state index contributed by atoms with van der Waals surface area (Å²) < 4.78 is 4.78. The molecule has 0 radical (unpaired) electrons. The van der Waals surface area contributed by atoms with Crippen LogP contribution in [-0.4, -0.2) is 18.9 Å². The van der Waals surface area contributed by atoms with E-state index in [9.17, 15) is 9.59 Å². The van der Waals surface area contributed by atoms with Crippen molar-refractivity contribution in [1.82, 2.24) is 0 Å². The summed E-state index contributed by atoms with van der Waals surface area (Å²) in [7, 11) is 1.42. The van der Waals surface area contributed by atoms with Crippen molar-refractivity contribution in [3.8, 4) is 0 Å². The lowest BCUT2D eigenvalue weighted by Crippen LogP contribution is -2.16. The number of ketones is 1. The minimum Gasteiger partial charge on any atom is -0.469 e. The van der Waals surface area contributed by atoms with Gasteiger partial charge in [-0.2, -0.15) is 0 Å². The quantitative estimate of drug-likeness (QED) is 0.636. The summed E-state index contributed by atoms with van der Waals surface area (Å²) in [5, 5.41) is 0. The number of rotatable bonds is 1. The van der Waals surface area contributed by atoms with Crippen LogP contribution in [0.5, 0.6) is 0 Å². The van der Waals surface area contributed by atoms with Crippen molar-refractivity contribution in [2.75, 3.05) is 7.11 Å². The number of hydrogen-bond donors (Lipinski definition) is 0. The lowest BCUT2D eigenvalue weighted by Gasteiger charge is -2.14. The first-order valence-corrected chi connectivity index (χ1v) is 5.72. The minimum absolute atomic E-state index is 0.0759. The van der Waals surface area contributed by atoms with Crippen LogP contribution in [-0.2, 0) is 14.3 Å². The Bertz CT molecular complexity index is 377. The van der Waals surface area contributed by atoms with Crippen molar-refractivity contribution >= 4 is 11.8 Å². The Morgan fingerprint density at radius 2 is 2.31 bits per heavy atom. The Balaban J connectivity index is 2.21. The number of allylic oxidation sites excluding steroid dienone is 4. The molecule has 0 aliphatic heterocycles. The third-order valence-electron chi connectivity index (χ3n) is 3.33. The fourth-order valence-electron chi connectivity index (χ4n) is 2.46. The molecule has 0 fully saturated rings. The van der Waals surface area contributed by atoms with Crippen LogP contribution < -0.4 is 0 Å². The van der Waals surface area contributed by atoms with E-state index < -0.39 is 0 Å². The van der Waals surface area contributed by atoms with Crippen molar-refractivity contribution in [1.29, 1.82) is 0 Å². The molecule has 0 bridgehead atoms. The molecule has 2 aliphatic rings. The van der Waals surface area contributed by atoms with Gasteiger partial charge in [0.1, 0.15) is 0 Å². The van der Waals surface area contributed by atoms with Gasteiger partial charge in [-0.1, -0.05) is 12.2 Å². The maximum atomic E-state index is 11.7. The van der Waals surface area contributed by atoms with Gasteiger partial charge in [0.25, 0.3) is 0 Å². The molecule has 0 saturated carbocycles.